The van der Waals surface area contributed by atoms with Gasteiger partial charge < -0.3 is 57.8 Å². The van der Waals surface area contributed by atoms with Gasteiger partial charge in [0, 0.05) is 152 Å². The summed E-state index contributed by atoms with van der Waals surface area (Å²) in [5, 5.41) is 18.8. The Bertz CT molecular complexity index is 6350. The minimum absolute atomic E-state index is 0.0373. The number of aliphatic hydroxyl groups excluding tert-OH is 2. The van der Waals surface area contributed by atoms with Crippen molar-refractivity contribution in [1.82, 2.24) is 14.2 Å². The van der Waals surface area contributed by atoms with E-state index >= 15 is 0 Å². The van der Waals surface area contributed by atoms with Crippen molar-refractivity contribution in [2.75, 3.05) is 115 Å². The standard InChI is InChI=1S/C43H59ClN2O6SSi.2C37H45ClN2O6S/c1-30-13-11-23-43(50-6,22-9-10-24-52-54(7,8)41(3,4)5)37-18-15-34(37)27-46-28-42(21-12-14-32-25-35(44)17-19-36(32)42)29-51-39-20-16-33(26-38(39)46)40(47)45-53(48,49)31(30)2;2*1-25-8-6-18-37(45-3,17-4-5-19-41)32-13-10-29(32)22-40-23-36(16-7-9-27-20-30(38)12-14-31(27)36)24-46-34-15-11-28(21-33(34)40)35(42)39-47(43,44)26(25)2/h11,16-17,19-20,23,25-26,30-31,34,37H,10,12-15,18,21,24,27-29H2,1-8H3,(H,45,47);2*6,11-12,14-15,18,20-21,25-26,29,32,41H,5,7-10,13,16,19,22-24H2,1-3H3,(H,39,42)/b23-11+;2*18-6+/t30-,31+,34-,37+,42-,43+;25-,26+,29-,32+,36-,37+;25-,26+,29-,32+,36-,37-/m000/s1. The number of benzene rings is 6. The number of aryl methyl sites for hydroxylation is 3. The maximum absolute atomic E-state index is 13.6. The number of aliphatic hydroxyl groups is 2. The first-order valence-corrected chi connectivity index (χ1v) is 61.7. The number of sulfonamides is 3. The van der Waals surface area contributed by atoms with Crippen LogP contribution in [-0.4, -0.2) is 194 Å². The summed E-state index contributed by atoms with van der Waals surface area (Å²) in [4.78, 5) is 47.7. The first-order chi connectivity index (χ1) is 70.4. The van der Waals surface area contributed by atoms with Crippen LogP contribution in [0.15, 0.2) is 146 Å². The van der Waals surface area contributed by atoms with E-state index in [1.807, 2.05) is 81.5 Å². The first kappa shape index (κ1) is 112. The van der Waals surface area contributed by atoms with Crippen LogP contribution in [0.25, 0.3) is 0 Å². The number of ether oxygens (including phenoxy) is 6. The molecule has 6 aliphatic carbocycles. The maximum atomic E-state index is 13.6. The maximum Gasteiger partial charge on any atom is 0.264 e. The van der Waals surface area contributed by atoms with Crippen LogP contribution in [0, 0.1) is 88.8 Å². The number of anilines is 3. The number of carbonyl (C=O) groups excluding carboxylic acids is 3. The SMILES string of the molecule is CO[C@@]1(C#CCCO)/C=C/C[C@H](C)[C@@H](C)S(=O)(=O)NC(=O)c2ccc3c(c2)N(C[C@@H]2CC[C@H]21)C[C@@]1(CCCc2cc(Cl)ccc21)CO3.CO[C@]1(C#CCCO)/C=C/C[C@H](C)[C@@H](C)S(=O)(=O)NC(=O)c2ccc3c(c2)N(C[C@@H]2CC[C@H]21)C[C@@]1(CCCc2cc(Cl)ccc21)CO3.CO[C@]1(C#CCCO[Si](C)(C)C(C)(C)C)/C=C/C[C@H](C)[C@@H](C)S(=O)(=O)NC(=O)c2ccc3c(c2)N(C[C@@H]2CC[C@H]21)C[C@@]1(CCCc2cc(Cl)ccc21)CO3. The van der Waals surface area contributed by atoms with Crippen LogP contribution < -0.4 is 43.1 Å². The van der Waals surface area contributed by atoms with E-state index in [-0.39, 0.29) is 104 Å². The second-order valence-corrected chi connectivity index (χ2v) is 57.5. The Balaban J connectivity index is 0.000000159. The number of rotatable bonds is 8. The lowest BCUT2D eigenvalue weighted by Gasteiger charge is -2.48. The fraction of sp³-hybridized carbons (Fsp3) is 0.564. The van der Waals surface area contributed by atoms with Crippen molar-refractivity contribution < 1.29 is 82.7 Å². The van der Waals surface area contributed by atoms with Crippen molar-refractivity contribution >= 4 is 108 Å². The second-order valence-electron chi connectivity index (χ2n) is 45.3. The van der Waals surface area contributed by atoms with E-state index in [2.05, 4.69) is 141 Å². The van der Waals surface area contributed by atoms with Gasteiger partial charge in [0.2, 0.25) is 30.1 Å². The van der Waals surface area contributed by atoms with Crippen LogP contribution in [0.1, 0.15) is 242 Å². The van der Waals surface area contributed by atoms with Gasteiger partial charge in [-0.15, -0.1) is 0 Å². The summed E-state index contributed by atoms with van der Waals surface area (Å²) in [5.41, 5.74) is 7.14. The third kappa shape index (κ3) is 23.6. The summed E-state index contributed by atoms with van der Waals surface area (Å²) in [5.74, 6) is 20.3. The number of allylic oxidation sites excluding steroid dienone is 3. The highest BCUT2D eigenvalue weighted by Crippen LogP contribution is 2.55. The first-order valence-electron chi connectivity index (χ1n) is 53.1. The predicted octanol–water partition coefficient (Wildman–Crippen LogP) is 20.0. The molecule has 5 N–H and O–H groups in total. The largest absolute Gasteiger partial charge is 0.490 e. The molecule has 24 nitrogen and oxygen atoms in total. The van der Waals surface area contributed by atoms with Crippen LogP contribution in [0.2, 0.25) is 33.2 Å². The molecule has 148 heavy (non-hydrogen) atoms. The van der Waals surface area contributed by atoms with Crippen molar-refractivity contribution in [2.24, 2.45) is 53.3 Å². The van der Waals surface area contributed by atoms with E-state index in [1.165, 1.54) is 33.4 Å². The van der Waals surface area contributed by atoms with E-state index in [0.717, 1.165) is 128 Å². The average Bonchev–Trinajstić information content (AvgIpc) is 1.48. The van der Waals surface area contributed by atoms with Gasteiger partial charge in [0.05, 0.1) is 65.8 Å². The molecule has 18 rings (SSSR count). The fourth-order valence-corrected chi connectivity index (χ4v) is 29.7. The number of fused-ring (bicyclic) bond motifs is 12. The molecule has 798 valence electrons. The third-order valence-corrected chi connectivity index (χ3v) is 46.2. The van der Waals surface area contributed by atoms with Crippen molar-refractivity contribution in [2.45, 2.75) is 264 Å². The van der Waals surface area contributed by atoms with Crippen LogP contribution in [-0.2, 0) is 84.2 Å². The number of methoxy groups -OCH3 is 3. The Kier molecular flexibility index (Phi) is 34.6. The van der Waals surface area contributed by atoms with Gasteiger partial charge in [-0.25, -0.2) is 39.4 Å². The van der Waals surface area contributed by atoms with Gasteiger partial charge in [-0.3, -0.25) is 14.4 Å². The lowest BCUT2D eigenvalue weighted by molar-refractivity contribution is -0.0352. The summed E-state index contributed by atoms with van der Waals surface area (Å²) in [6.07, 6.45) is 29.3. The van der Waals surface area contributed by atoms with E-state index in [0.29, 0.717) is 121 Å². The van der Waals surface area contributed by atoms with E-state index in [4.69, 9.17) is 67.7 Å². The van der Waals surface area contributed by atoms with Crippen molar-refractivity contribution in [3.8, 4) is 52.8 Å². The molecule has 6 bridgehead atoms. The molecule has 18 atom stereocenters. The molecule has 6 aromatic carbocycles. The zero-order valence-corrected chi connectivity index (χ0v) is 94.0. The molecule has 12 aliphatic rings. The van der Waals surface area contributed by atoms with Crippen LogP contribution in [0.5, 0.6) is 17.2 Å². The summed E-state index contributed by atoms with van der Waals surface area (Å²) < 4.78 is 133. The Morgan fingerprint density at radius 3 is 1.00 bits per heavy atom. The molecular formula is C117H149Cl3N6O18S3Si. The van der Waals surface area contributed by atoms with Gasteiger partial charge in [0.1, 0.15) is 34.1 Å². The number of halogens is 3. The Labute approximate surface area is 894 Å². The van der Waals surface area contributed by atoms with Gasteiger partial charge in [-0.05, 0) is 333 Å². The van der Waals surface area contributed by atoms with Crippen LogP contribution in [0.4, 0.5) is 17.1 Å². The van der Waals surface area contributed by atoms with Gasteiger partial charge in [-0.2, -0.15) is 0 Å². The molecule has 0 aromatic heterocycles. The fourth-order valence-electron chi connectivity index (χ4n) is 24.3. The minimum atomic E-state index is -3.98. The monoisotopic (exact) mass is 2150 g/mol. The molecule has 3 fully saturated rings. The highest BCUT2D eigenvalue weighted by Gasteiger charge is 2.55. The third-order valence-electron chi connectivity index (χ3n) is 35.2. The van der Waals surface area contributed by atoms with E-state index in [1.54, 1.807) is 84.6 Å². The second kappa shape index (κ2) is 45.8. The van der Waals surface area contributed by atoms with Gasteiger partial charge in [-0.1, -0.05) is 148 Å². The highest BCUT2D eigenvalue weighted by molar-refractivity contribution is 7.91. The molecule has 3 amide bonds. The Morgan fingerprint density at radius 2 is 0.730 bits per heavy atom. The van der Waals surface area contributed by atoms with Crippen LogP contribution in [0.3, 0.4) is 0 Å². The van der Waals surface area contributed by atoms with E-state index < -0.39 is 88.7 Å². The smallest absolute Gasteiger partial charge is 0.264 e. The minimum Gasteiger partial charge on any atom is -0.490 e. The molecule has 6 heterocycles. The number of carbonyl (C=O) groups is 3. The number of nitrogens with one attached hydrogen (secondary N) is 3. The molecule has 0 unspecified atom stereocenters. The summed E-state index contributed by atoms with van der Waals surface area (Å²) in [6.45, 7) is 27.8. The van der Waals surface area contributed by atoms with Crippen molar-refractivity contribution in [3.05, 3.63) is 211 Å². The Morgan fingerprint density at radius 1 is 0.432 bits per heavy atom. The molecule has 0 radical (unpaired) electrons. The topological polar surface area (TPSA) is 305 Å². The number of nitrogens with zero attached hydrogens (tertiary/aromatic N) is 3. The van der Waals surface area contributed by atoms with E-state index in [9.17, 15) is 49.9 Å². The van der Waals surface area contributed by atoms with Crippen LogP contribution >= 0.6 is 34.8 Å². The summed E-state index contributed by atoms with van der Waals surface area (Å²) >= 11 is 19.4. The molecule has 6 aliphatic heterocycles. The van der Waals surface area contributed by atoms with Gasteiger partial charge in [0.25, 0.3) is 17.7 Å². The molecular weight excluding hydrogens is 2010 g/mol. The Hall–Kier alpha value is -8.87. The lowest BCUT2D eigenvalue weighted by Crippen LogP contribution is -2.52. The molecule has 3 spiro atoms. The zero-order valence-electron chi connectivity index (χ0n) is 88.2. The molecule has 6 aromatic rings. The average molecular weight is 2160 g/mol. The molecule has 0 saturated heterocycles. The van der Waals surface area contributed by atoms with Gasteiger partial charge in [0.15, 0.2) is 8.32 Å². The number of amides is 3. The molecule has 3 saturated carbocycles. The van der Waals surface area contributed by atoms with Crippen molar-refractivity contribution in [1.29, 1.82) is 0 Å². The zero-order chi connectivity index (χ0) is 106. The normalized spacial score (nSPS) is 31.6. The molecule has 31 heteroatoms. The highest BCUT2D eigenvalue weighted by atomic mass is 35.5. The quantitative estimate of drug-likeness (QED) is 0.0409. The predicted molar refractivity (Wildman–Crippen MR) is 589 cm³/mol. The van der Waals surface area contributed by atoms with Crippen molar-refractivity contribution in [3.63, 3.8) is 0 Å². The number of hydrogen-bond donors (Lipinski definition) is 5. The lowest BCUT2D eigenvalue weighted by atomic mass is 9.64. The number of hydrogen-bond acceptors (Lipinski definition) is 21. The van der Waals surface area contributed by atoms with Gasteiger partial charge >= 0.3 is 0 Å². The summed E-state index contributed by atoms with van der Waals surface area (Å²) in [6, 6.07) is 34.3. The summed E-state index contributed by atoms with van der Waals surface area (Å²) in [7, 11) is -8.74.